The van der Waals surface area contributed by atoms with Crippen molar-refractivity contribution in [2.75, 3.05) is 30.3 Å². The van der Waals surface area contributed by atoms with Crippen LogP contribution in [0.1, 0.15) is 53.4 Å². The number of benzene rings is 1. The molecule has 3 aromatic rings. The molecule has 0 saturated carbocycles. The normalized spacial score (nSPS) is 16.5. The Labute approximate surface area is 228 Å². The SMILES string of the molecule is CC1CCCCN1CCCNc1ncc2cc(-c3c(Cl)cccc3Cl)c(NC(=O)NC(C)(C)C)nc2n1. The molecule has 1 aromatic carbocycles. The van der Waals surface area contributed by atoms with Crippen LogP contribution in [-0.4, -0.2) is 57.1 Å². The molecule has 198 valence electrons. The molecule has 1 aliphatic rings. The highest BCUT2D eigenvalue weighted by molar-refractivity contribution is 6.39. The van der Waals surface area contributed by atoms with E-state index < -0.39 is 5.54 Å². The highest BCUT2D eigenvalue weighted by Gasteiger charge is 2.20. The summed E-state index contributed by atoms with van der Waals surface area (Å²) in [6.45, 7) is 11.0. The number of hydrogen-bond acceptors (Lipinski definition) is 6. The summed E-state index contributed by atoms with van der Waals surface area (Å²) in [5, 5.41) is 10.7. The number of urea groups is 1. The van der Waals surface area contributed by atoms with Gasteiger partial charge in [-0.25, -0.2) is 14.8 Å². The highest BCUT2D eigenvalue weighted by atomic mass is 35.5. The smallest absolute Gasteiger partial charge is 0.320 e. The third kappa shape index (κ3) is 7.21. The van der Waals surface area contributed by atoms with Crippen molar-refractivity contribution in [3.05, 3.63) is 40.5 Å². The van der Waals surface area contributed by atoms with Gasteiger partial charge in [0, 0.05) is 47.4 Å². The van der Waals surface area contributed by atoms with Gasteiger partial charge in [0.15, 0.2) is 5.65 Å². The Morgan fingerprint density at radius 1 is 1.16 bits per heavy atom. The summed E-state index contributed by atoms with van der Waals surface area (Å²) in [6.07, 6.45) is 6.61. The van der Waals surface area contributed by atoms with Crippen LogP contribution >= 0.6 is 23.2 Å². The first-order chi connectivity index (χ1) is 17.6. The quantitative estimate of drug-likeness (QED) is 0.290. The van der Waals surface area contributed by atoms with E-state index in [1.807, 2.05) is 26.8 Å². The number of aromatic nitrogens is 3. The minimum Gasteiger partial charge on any atom is -0.354 e. The Hall–Kier alpha value is -2.68. The molecule has 2 amide bonds. The molecule has 10 heteroatoms. The molecule has 3 N–H and O–H groups in total. The second-order valence-electron chi connectivity index (χ2n) is 10.6. The lowest BCUT2D eigenvalue weighted by molar-refractivity contribution is 0.160. The molecule has 1 fully saturated rings. The number of anilines is 2. The van der Waals surface area contributed by atoms with Crippen LogP contribution in [0.25, 0.3) is 22.2 Å². The number of pyridine rings is 1. The number of amides is 2. The van der Waals surface area contributed by atoms with Crippen LogP contribution in [-0.2, 0) is 0 Å². The molecule has 8 nitrogen and oxygen atoms in total. The predicted molar refractivity (Wildman–Crippen MR) is 153 cm³/mol. The van der Waals surface area contributed by atoms with Crippen LogP contribution < -0.4 is 16.0 Å². The van der Waals surface area contributed by atoms with Gasteiger partial charge < -0.3 is 15.5 Å². The Morgan fingerprint density at radius 2 is 1.92 bits per heavy atom. The molecule has 3 heterocycles. The molecule has 1 unspecified atom stereocenters. The monoisotopic (exact) mass is 543 g/mol. The number of likely N-dealkylation sites (tertiary alicyclic amines) is 1. The second-order valence-corrected chi connectivity index (χ2v) is 11.4. The Kier molecular flexibility index (Phi) is 8.72. The van der Waals surface area contributed by atoms with Gasteiger partial charge in [-0.3, -0.25) is 5.32 Å². The van der Waals surface area contributed by atoms with Gasteiger partial charge >= 0.3 is 6.03 Å². The van der Waals surface area contributed by atoms with Crippen LogP contribution in [0.3, 0.4) is 0 Å². The van der Waals surface area contributed by atoms with Crippen molar-refractivity contribution in [2.24, 2.45) is 0 Å². The van der Waals surface area contributed by atoms with E-state index in [1.54, 1.807) is 24.4 Å². The van der Waals surface area contributed by atoms with E-state index >= 15 is 0 Å². The summed E-state index contributed by atoms with van der Waals surface area (Å²) in [5.41, 5.74) is 1.21. The molecular weight excluding hydrogens is 509 g/mol. The zero-order chi connectivity index (χ0) is 26.6. The van der Waals surface area contributed by atoms with E-state index in [2.05, 4.69) is 42.7 Å². The summed E-state index contributed by atoms with van der Waals surface area (Å²) in [6, 6.07) is 7.39. The van der Waals surface area contributed by atoms with Crippen molar-refractivity contribution in [3.63, 3.8) is 0 Å². The lowest BCUT2D eigenvalue weighted by Crippen LogP contribution is -2.43. The van der Waals surface area contributed by atoms with Crippen LogP contribution in [0.5, 0.6) is 0 Å². The fourth-order valence-corrected chi connectivity index (χ4v) is 5.14. The maximum absolute atomic E-state index is 12.7. The van der Waals surface area contributed by atoms with Gasteiger partial charge in [0.1, 0.15) is 5.82 Å². The van der Waals surface area contributed by atoms with Crippen molar-refractivity contribution in [1.29, 1.82) is 0 Å². The third-order valence-corrected chi connectivity index (χ3v) is 7.00. The number of carbonyl (C=O) groups excluding carboxylic acids is 1. The van der Waals surface area contributed by atoms with E-state index in [9.17, 15) is 4.79 Å². The van der Waals surface area contributed by atoms with Crippen LogP contribution in [0.4, 0.5) is 16.6 Å². The molecule has 0 radical (unpaired) electrons. The maximum atomic E-state index is 12.7. The first-order valence-corrected chi connectivity index (χ1v) is 13.6. The zero-order valence-electron chi connectivity index (χ0n) is 21.9. The zero-order valence-corrected chi connectivity index (χ0v) is 23.4. The van der Waals surface area contributed by atoms with Gasteiger partial charge in [0.2, 0.25) is 5.95 Å². The van der Waals surface area contributed by atoms with E-state index in [0.29, 0.717) is 50.0 Å². The number of piperidine rings is 1. The van der Waals surface area contributed by atoms with Gasteiger partial charge in [-0.05, 0) is 71.7 Å². The molecule has 2 aromatic heterocycles. The van der Waals surface area contributed by atoms with Crippen LogP contribution in [0.2, 0.25) is 10.0 Å². The van der Waals surface area contributed by atoms with Gasteiger partial charge in [0.05, 0.1) is 10.0 Å². The fourth-order valence-electron chi connectivity index (χ4n) is 4.54. The van der Waals surface area contributed by atoms with Crippen molar-refractivity contribution >= 4 is 52.0 Å². The summed E-state index contributed by atoms with van der Waals surface area (Å²) >= 11 is 13.0. The average Bonchev–Trinajstić information content (AvgIpc) is 2.81. The van der Waals surface area contributed by atoms with Gasteiger partial charge in [-0.1, -0.05) is 35.7 Å². The van der Waals surface area contributed by atoms with E-state index in [0.717, 1.165) is 19.5 Å². The average molecular weight is 545 g/mol. The predicted octanol–water partition coefficient (Wildman–Crippen LogP) is 6.60. The largest absolute Gasteiger partial charge is 0.354 e. The molecule has 0 bridgehead atoms. The topological polar surface area (TPSA) is 95.1 Å². The number of hydrogen-bond donors (Lipinski definition) is 3. The number of fused-ring (bicyclic) bond motifs is 1. The van der Waals surface area contributed by atoms with Gasteiger partial charge in [0.25, 0.3) is 0 Å². The van der Waals surface area contributed by atoms with Crippen molar-refractivity contribution in [1.82, 2.24) is 25.2 Å². The number of halogens is 2. The minimum atomic E-state index is -0.422. The summed E-state index contributed by atoms with van der Waals surface area (Å²) in [7, 11) is 0. The molecule has 0 aliphatic carbocycles. The van der Waals surface area contributed by atoms with Crippen molar-refractivity contribution in [2.45, 2.75) is 65.0 Å². The molecule has 4 rings (SSSR count). The molecular formula is C27H35Cl2N7O. The summed E-state index contributed by atoms with van der Waals surface area (Å²) < 4.78 is 0. The first kappa shape index (κ1) is 27.4. The summed E-state index contributed by atoms with van der Waals surface area (Å²) in [5.74, 6) is 0.813. The van der Waals surface area contributed by atoms with E-state index in [4.69, 9.17) is 23.2 Å². The lowest BCUT2D eigenvalue weighted by atomic mass is 10.0. The van der Waals surface area contributed by atoms with Crippen molar-refractivity contribution in [3.8, 4) is 11.1 Å². The molecule has 37 heavy (non-hydrogen) atoms. The maximum Gasteiger partial charge on any atom is 0.320 e. The standard InChI is InChI=1S/C27H35Cl2N7O/c1-17-9-5-6-13-36(17)14-8-12-30-25-31-16-18-15-19(22-20(28)10-7-11-21(22)29)24(32-23(18)33-25)34-26(37)35-27(2,3)4/h7,10-11,15-17H,5-6,8-9,12-14H2,1-4H3,(H3,30,31,32,33,34,35,37). The highest BCUT2D eigenvalue weighted by Crippen LogP contribution is 2.39. The van der Waals surface area contributed by atoms with Crippen molar-refractivity contribution < 1.29 is 4.79 Å². The number of carbonyl (C=O) groups is 1. The molecule has 1 atom stereocenters. The Bertz CT molecular complexity index is 1240. The Balaban J connectivity index is 1.57. The lowest BCUT2D eigenvalue weighted by Gasteiger charge is -2.33. The second kappa shape index (κ2) is 11.8. The van der Waals surface area contributed by atoms with Crippen LogP contribution in [0, 0.1) is 0 Å². The molecule has 0 spiro atoms. The van der Waals surface area contributed by atoms with E-state index in [1.165, 1.54) is 25.8 Å². The number of nitrogens with zero attached hydrogens (tertiary/aromatic N) is 4. The number of nitrogens with one attached hydrogen (secondary N) is 3. The number of rotatable bonds is 7. The van der Waals surface area contributed by atoms with Gasteiger partial charge in [-0.15, -0.1) is 0 Å². The first-order valence-electron chi connectivity index (χ1n) is 12.8. The fraction of sp³-hybridized carbons (Fsp3) is 0.481. The molecule has 1 saturated heterocycles. The van der Waals surface area contributed by atoms with Gasteiger partial charge in [-0.2, -0.15) is 4.98 Å². The third-order valence-electron chi connectivity index (χ3n) is 6.37. The van der Waals surface area contributed by atoms with Crippen LogP contribution in [0.15, 0.2) is 30.5 Å². The minimum absolute atomic E-state index is 0.313. The summed E-state index contributed by atoms with van der Waals surface area (Å²) in [4.78, 5) is 29.1. The molecule has 1 aliphatic heterocycles. The Morgan fingerprint density at radius 3 is 2.62 bits per heavy atom. The van der Waals surface area contributed by atoms with E-state index in [-0.39, 0.29) is 6.03 Å².